The minimum Gasteiger partial charge on any atom is -0.358 e. The van der Waals surface area contributed by atoms with Gasteiger partial charge in [-0.05, 0) is 56.2 Å². The molecule has 0 spiro atoms. The lowest BCUT2D eigenvalue weighted by molar-refractivity contribution is 0.0953. The molecule has 6 heteroatoms. The number of aromatic nitrogens is 4. The van der Waals surface area contributed by atoms with Gasteiger partial charge in [-0.1, -0.05) is 6.07 Å². The van der Waals surface area contributed by atoms with E-state index in [2.05, 4.69) is 27.4 Å². The van der Waals surface area contributed by atoms with E-state index in [-0.39, 0.29) is 5.91 Å². The third-order valence-electron chi connectivity index (χ3n) is 4.82. The number of nitrogens with zero attached hydrogens (tertiary/aromatic N) is 3. The molecule has 0 saturated carbocycles. The zero-order chi connectivity index (χ0) is 18.1. The van der Waals surface area contributed by atoms with Crippen LogP contribution in [-0.4, -0.2) is 32.0 Å². The largest absolute Gasteiger partial charge is 0.358 e. The predicted octanol–water partition coefficient (Wildman–Crippen LogP) is 3.19. The molecule has 0 aliphatic rings. The van der Waals surface area contributed by atoms with Crippen LogP contribution in [0.25, 0.3) is 16.6 Å². The van der Waals surface area contributed by atoms with E-state index in [0.717, 1.165) is 40.9 Å². The number of fused-ring (bicyclic) bond motifs is 2. The van der Waals surface area contributed by atoms with E-state index in [4.69, 9.17) is 0 Å². The van der Waals surface area contributed by atoms with Gasteiger partial charge in [0.05, 0.1) is 0 Å². The first-order valence-corrected chi connectivity index (χ1v) is 8.79. The van der Waals surface area contributed by atoms with Gasteiger partial charge in [0.25, 0.3) is 5.91 Å². The fourth-order valence-electron chi connectivity index (χ4n) is 3.21. The lowest BCUT2D eigenvalue weighted by Gasteiger charge is -2.05. The number of H-pyrrole nitrogens is 1. The Hall–Kier alpha value is -3.15. The quantitative estimate of drug-likeness (QED) is 0.545. The maximum Gasteiger partial charge on any atom is 0.251 e. The lowest BCUT2D eigenvalue weighted by Crippen LogP contribution is -2.24. The highest BCUT2D eigenvalue weighted by Gasteiger charge is 2.10. The highest BCUT2D eigenvalue weighted by Crippen LogP contribution is 2.22. The monoisotopic (exact) mass is 347 g/mol. The van der Waals surface area contributed by atoms with Gasteiger partial charge < -0.3 is 10.3 Å². The van der Waals surface area contributed by atoms with Crippen molar-refractivity contribution in [2.75, 3.05) is 6.54 Å². The summed E-state index contributed by atoms with van der Waals surface area (Å²) in [7, 11) is 0. The van der Waals surface area contributed by atoms with Crippen molar-refractivity contribution in [3.05, 3.63) is 65.2 Å². The van der Waals surface area contributed by atoms with Crippen molar-refractivity contribution in [1.29, 1.82) is 0 Å². The van der Waals surface area contributed by atoms with Crippen LogP contribution in [0.4, 0.5) is 0 Å². The molecule has 0 bridgehead atoms. The molecule has 6 nitrogen and oxygen atoms in total. The van der Waals surface area contributed by atoms with Crippen molar-refractivity contribution in [2.45, 2.75) is 26.7 Å². The van der Waals surface area contributed by atoms with Crippen molar-refractivity contribution < 1.29 is 4.79 Å². The molecule has 0 fully saturated rings. The molecule has 0 aliphatic carbocycles. The lowest BCUT2D eigenvalue weighted by atomic mass is 10.1. The Bertz CT molecular complexity index is 1090. The van der Waals surface area contributed by atoms with Crippen LogP contribution in [0.15, 0.2) is 42.6 Å². The van der Waals surface area contributed by atoms with E-state index < -0.39 is 0 Å². The van der Waals surface area contributed by atoms with E-state index in [1.54, 1.807) is 0 Å². The fraction of sp³-hybridized carbons (Fsp3) is 0.250. The smallest absolute Gasteiger partial charge is 0.251 e. The molecule has 3 heterocycles. The van der Waals surface area contributed by atoms with E-state index in [1.165, 1.54) is 5.56 Å². The van der Waals surface area contributed by atoms with E-state index in [1.807, 2.05) is 53.9 Å². The minimum atomic E-state index is -0.0451. The second-order valence-electron chi connectivity index (χ2n) is 6.54. The molecule has 0 unspecified atom stereocenters. The molecule has 1 aromatic carbocycles. The van der Waals surface area contributed by atoms with Gasteiger partial charge in [0.1, 0.15) is 5.82 Å². The summed E-state index contributed by atoms with van der Waals surface area (Å²) in [6.45, 7) is 4.71. The van der Waals surface area contributed by atoms with Crippen LogP contribution in [0, 0.1) is 13.8 Å². The number of pyridine rings is 1. The number of hydrogen-bond donors (Lipinski definition) is 2. The van der Waals surface area contributed by atoms with Gasteiger partial charge in [-0.25, -0.2) is 0 Å². The first kappa shape index (κ1) is 16.3. The molecule has 1 amide bonds. The Morgan fingerprint density at radius 2 is 2.08 bits per heavy atom. The van der Waals surface area contributed by atoms with E-state index in [0.29, 0.717) is 12.1 Å². The number of carbonyl (C=O) groups excluding carboxylic acids is 1. The van der Waals surface area contributed by atoms with Gasteiger partial charge >= 0.3 is 0 Å². The number of rotatable bonds is 5. The second-order valence-corrected chi connectivity index (χ2v) is 6.54. The van der Waals surface area contributed by atoms with Crippen LogP contribution in [0.1, 0.15) is 33.9 Å². The Balaban J connectivity index is 1.37. The topological polar surface area (TPSA) is 75.1 Å². The van der Waals surface area contributed by atoms with Crippen molar-refractivity contribution in [3.63, 3.8) is 0 Å². The highest BCUT2D eigenvalue weighted by atomic mass is 16.1. The maximum absolute atomic E-state index is 12.4. The molecule has 132 valence electrons. The third-order valence-corrected chi connectivity index (χ3v) is 4.82. The first-order chi connectivity index (χ1) is 12.6. The van der Waals surface area contributed by atoms with Gasteiger partial charge in [-0.15, -0.1) is 10.2 Å². The van der Waals surface area contributed by atoms with Crippen LogP contribution >= 0.6 is 0 Å². The van der Waals surface area contributed by atoms with Crippen molar-refractivity contribution in [1.82, 2.24) is 24.9 Å². The van der Waals surface area contributed by atoms with Crippen molar-refractivity contribution in [2.24, 2.45) is 0 Å². The molecule has 26 heavy (non-hydrogen) atoms. The van der Waals surface area contributed by atoms with E-state index >= 15 is 0 Å². The summed E-state index contributed by atoms with van der Waals surface area (Å²) in [5, 5.41) is 12.5. The molecule has 2 N–H and O–H groups in total. The number of nitrogens with one attached hydrogen (secondary N) is 2. The highest BCUT2D eigenvalue weighted by molar-refractivity contribution is 5.99. The normalized spacial score (nSPS) is 11.3. The molecular weight excluding hydrogens is 326 g/mol. The molecule has 0 radical (unpaired) electrons. The Labute approximate surface area is 151 Å². The Kier molecular flexibility index (Phi) is 4.16. The molecule has 4 aromatic rings. The number of aromatic amines is 1. The van der Waals surface area contributed by atoms with Gasteiger partial charge in [0.2, 0.25) is 0 Å². The summed E-state index contributed by atoms with van der Waals surface area (Å²) in [5.74, 6) is 0.867. The maximum atomic E-state index is 12.4. The number of benzene rings is 1. The third kappa shape index (κ3) is 2.94. The fourth-order valence-corrected chi connectivity index (χ4v) is 3.21. The summed E-state index contributed by atoms with van der Waals surface area (Å²) in [6, 6.07) is 11.6. The summed E-state index contributed by atoms with van der Waals surface area (Å²) >= 11 is 0. The average molecular weight is 347 g/mol. The SMILES string of the molecule is Cc1[nH]c2ccc(C(=O)NCCCc3nnc4ccccn34)cc2c1C. The van der Waals surface area contributed by atoms with E-state index in [9.17, 15) is 4.79 Å². The van der Waals surface area contributed by atoms with Crippen LogP contribution in [0.5, 0.6) is 0 Å². The van der Waals surface area contributed by atoms with Crippen molar-refractivity contribution in [3.8, 4) is 0 Å². The first-order valence-electron chi connectivity index (χ1n) is 8.79. The van der Waals surface area contributed by atoms with Gasteiger partial charge in [-0.3, -0.25) is 9.20 Å². The Morgan fingerprint density at radius 1 is 1.19 bits per heavy atom. The summed E-state index contributed by atoms with van der Waals surface area (Å²) in [4.78, 5) is 15.8. The summed E-state index contributed by atoms with van der Waals surface area (Å²) in [6.07, 6.45) is 3.53. The molecule has 0 saturated heterocycles. The number of aryl methyl sites for hydroxylation is 3. The van der Waals surface area contributed by atoms with Gasteiger partial charge in [0.15, 0.2) is 5.65 Å². The molecule has 3 aromatic heterocycles. The zero-order valence-electron chi connectivity index (χ0n) is 14.9. The summed E-state index contributed by atoms with van der Waals surface area (Å²) < 4.78 is 1.98. The number of carbonyl (C=O) groups is 1. The molecular formula is C20H21N5O. The zero-order valence-corrected chi connectivity index (χ0v) is 14.9. The number of amides is 1. The van der Waals surface area contributed by atoms with Crippen LogP contribution in [0.3, 0.4) is 0 Å². The average Bonchev–Trinajstić information content (AvgIpc) is 3.19. The second kappa shape index (κ2) is 6.63. The van der Waals surface area contributed by atoms with Crippen LogP contribution < -0.4 is 5.32 Å². The van der Waals surface area contributed by atoms with Gasteiger partial charge in [0, 0.05) is 41.3 Å². The summed E-state index contributed by atoms with van der Waals surface area (Å²) in [5.41, 5.74) is 4.92. The minimum absolute atomic E-state index is 0.0451. The standard InChI is InChI=1S/C20H21N5O/c1-13-14(2)22-17-9-8-15(12-16(13)17)20(26)21-10-5-7-19-24-23-18-6-3-4-11-25(18)19/h3-4,6,8-9,11-12,22H,5,7,10H2,1-2H3,(H,21,26). The van der Waals surface area contributed by atoms with Gasteiger partial charge in [-0.2, -0.15) is 0 Å². The molecule has 0 aliphatic heterocycles. The van der Waals surface area contributed by atoms with Crippen LogP contribution in [-0.2, 0) is 6.42 Å². The van der Waals surface area contributed by atoms with Crippen molar-refractivity contribution >= 4 is 22.5 Å². The Morgan fingerprint density at radius 3 is 2.96 bits per heavy atom. The molecule has 0 atom stereocenters. The van der Waals surface area contributed by atoms with Crippen LogP contribution in [0.2, 0.25) is 0 Å². The molecule has 4 rings (SSSR count). The predicted molar refractivity (Wildman–Crippen MR) is 101 cm³/mol. The number of hydrogen-bond acceptors (Lipinski definition) is 3.